The lowest BCUT2D eigenvalue weighted by atomic mass is 9.96. The summed E-state index contributed by atoms with van der Waals surface area (Å²) in [5, 5.41) is 3.42. The van der Waals surface area contributed by atoms with E-state index < -0.39 is 0 Å². The van der Waals surface area contributed by atoms with E-state index >= 15 is 0 Å². The minimum atomic E-state index is -0.0440. The molecule has 0 unspecified atom stereocenters. The quantitative estimate of drug-likeness (QED) is 0.914. The molecule has 1 saturated heterocycles. The number of hydrogen-bond acceptors (Lipinski definition) is 6. The maximum Gasteiger partial charge on any atom is 0.232 e. The molecule has 0 saturated carbocycles. The topological polar surface area (TPSA) is 80.2 Å². The lowest BCUT2D eigenvalue weighted by Crippen LogP contribution is -2.38. The third kappa shape index (κ3) is 3.91. The minimum Gasteiger partial charge on any atom is -0.480 e. The number of methoxy groups -OCH3 is 1. The average molecular weight is 348 g/mol. The lowest BCUT2D eigenvalue weighted by molar-refractivity contribution is -0.120. The van der Waals surface area contributed by atoms with Gasteiger partial charge < -0.3 is 15.0 Å². The van der Waals surface area contributed by atoms with E-state index in [1.54, 1.807) is 6.20 Å². The van der Waals surface area contributed by atoms with Crippen molar-refractivity contribution in [1.82, 2.24) is 15.0 Å². The zero-order valence-corrected chi connectivity index (χ0v) is 14.0. The first-order valence-corrected chi connectivity index (χ1v) is 8.07. The molecule has 3 rings (SSSR count). The molecule has 7 nitrogen and oxygen atoms in total. The summed E-state index contributed by atoms with van der Waals surface area (Å²) in [7, 11) is 1.52. The predicted octanol–water partition coefficient (Wildman–Crippen LogP) is 2.39. The van der Waals surface area contributed by atoms with Gasteiger partial charge in [0.2, 0.25) is 11.8 Å². The molecule has 1 aliphatic heterocycles. The fourth-order valence-electron chi connectivity index (χ4n) is 2.64. The SMILES string of the molecule is COc1cnc(NC(=O)C2CCN(c3ccc(Cl)cn3)CC2)cn1. The Labute approximate surface area is 145 Å². The Morgan fingerprint density at radius 3 is 2.58 bits per heavy atom. The number of rotatable bonds is 4. The van der Waals surface area contributed by atoms with Gasteiger partial charge in [0.15, 0.2) is 5.82 Å². The summed E-state index contributed by atoms with van der Waals surface area (Å²) in [4.78, 5) is 27.0. The maximum absolute atomic E-state index is 12.3. The first-order valence-electron chi connectivity index (χ1n) is 7.69. The first kappa shape index (κ1) is 16.4. The molecule has 0 radical (unpaired) electrons. The van der Waals surface area contributed by atoms with Gasteiger partial charge in [-0.2, -0.15) is 0 Å². The van der Waals surface area contributed by atoms with E-state index in [0.29, 0.717) is 16.7 Å². The van der Waals surface area contributed by atoms with Crippen LogP contribution in [0.15, 0.2) is 30.7 Å². The number of pyridine rings is 1. The van der Waals surface area contributed by atoms with Crippen LogP contribution in [-0.2, 0) is 4.79 Å². The van der Waals surface area contributed by atoms with Gasteiger partial charge in [0, 0.05) is 25.2 Å². The number of carbonyl (C=O) groups excluding carboxylic acids is 1. The number of halogens is 1. The highest BCUT2D eigenvalue weighted by Gasteiger charge is 2.25. The molecular formula is C16H18ClN5O2. The van der Waals surface area contributed by atoms with Crippen molar-refractivity contribution in [1.29, 1.82) is 0 Å². The standard InChI is InChI=1S/C16H18ClN5O2/c1-24-15-10-18-13(9-20-15)21-16(23)11-4-6-22(7-5-11)14-3-2-12(17)8-19-14/h2-3,8-11H,4-7H2,1H3,(H,18,21,23). The van der Waals surface area contributed by atoms with Crippen molar-refractivity contribution >= 4 is 29.1 Å². The number of carbonyl (C=O) groups is 1. The summed E-state index contributed by atoms with van der Waals surface area (Å²) in [6.07, 6.45) is 6.13. The van der Waals surface area contributed by atoms with Gasteiger partial charge in [-0.25, -0.2) is 15.0 Å². The molecule has 0 spiro atoms. The molecule has 1 aliphatic rings. The molecule has 0 aliphatic carbocycles. The predicted molar refractivity (Wildman–Crippen MR) is 91.4 cm³/mol. The third-order valence-corrected chi connectivity index (χ3v) is 4.21. The van der Waals surface area contributed by atoms with Crippen molar-refractivity contribution < 1.29 is 9.53 Å². The van der Waals surface area contributed by atoms with Crippen LogP contribution in [0.2, 0.25) is 5.02 Å². The molecule has 0 aromatic carbocycles. The minimum absolute atomic E-state index is 0.0295. The van der Waals surface area contributed by atoms with E-state index in [2.05, 4.69) is 25.2 Å². The van der Waals surface area contributed by atoms with E-state index in [1.165, 1.54) is 19.5 Å². The van der Waals surface area contributed by atoms with Crippen LogP contribution in [0.3, 0.4) is 0 Å². The van der Waals surface area contributed by atoms with Crippen molar-refractivity contribution in [3.8, 4) is 5.88 Å². The number of aromatic nitrogens is 3. The summed E-state index contributed by atoms with van der Waals surface area (Å²) in [6, 6.07) is 3.72. The molecule has 2 aromatic rings. The van der Waals surface area contributed by atoms with E-state index in [4.69, 9.17) is 16.3 Å². The Balaban J connectivity index is 1.53. The second-order valence-electron chi connectivity index (χ2n) is 5.53. The molecule has 3 heterocycles. The molecule has 8 heteroatoms. The number of anilines is 2. The fourth-order valence-corrected chi connectivity index (χ4v) is 2.75. The number of nitrogens with zero attached hydrogens (tertiary/aromatic N) is 4. The van der Waals surface area contributed by atoms with Gasteiger partial charge in [-0.15, -0.1) is 0 Å². The first-order chi connectivity index (χ1) is 11.7. The van der Waals surface area contributed by atoms with Crippen molar-refractivity contribution in [2.45, 2.75) is 12.8 Å². The second-order valence-corrected chi connectivity index (χ2v) is 5.97. The highest BCUT2D eigenvalue weighted by atomic mass is 35.5. The summed E-state index contributed by atoms with van der Waals surface area (Å²) < 4.78 is 4.95. The van der Waals surface area contributed by atoms with Gasteiger partial charge in [-0.1, -0.05) is 11.6 Å². The molecule has 2 aromatic heterocycles. The Hall–Kier alpha value is -2.41. The van der Waals surface area contributed by atoms with E-state index in [9.17, 15) is 4.79 Å². The normalized spacial score (nSPS) is 15.2. The Morgan fingerprint density at radius 1 is 1.21 bits per heavy atom. The zero-order chi connectivity index (χ0) is 16.9. The van der Waals surface area contributed by atoms with Crippen molar-refractivity contribution in [3.63, 3.8) is 0 Å². The van der Waals surface area contributed by atoms with Crippen LogP contribution in [0.25, 0.3) is 0 Å². The summed E-state index contributed by atoms with van der Waals surface area (Å²) in [5.74, 6) is 1.66. The van der Waals surface area contributed by atoms with Gasteiger partial charge >= 0.3 is 0 Å². The smallest absolute Gasteiger partial charge is 0.232 e. The average Bonchev–Trinajstić information content (AvgIpc) is 2.63. The number of nitrogens with one attached hydrogen (secondary N) is 1. The number of ether oxygens (including phenoxy) is 1. The molecule has 1 amide bonds. The van der Waals surface area contributed by atoms with Crippen LogP contribution in [0.1, 0.15) is 12.8 Å². The van der Waals surface area contributed by atoms with Gasteiger partial charge in [0.05, 0.1) is 24.5 Å². The Kier molecular flexibility index (Phi) is 5.10. The largest absolute Gasteiger partial charge is 0.480 e. The monoisotopic (exact) mass is 347 g/mol. The Bertz CT molecular complexity index is 685. The van der Waals surface area contributed by atoms with Crippen LogP contribution in [-0.4, -0.2) is 41.1 Å². The molecule has 24 heavy (non-hydrogen) atoms. The molecule has 1 N–H and O–H groups in total. The van der Waals surface area contributed by atoms with Gasteiger partial charge in [-0.05, 0) is 25.0 Å². The van der Waals surface area contributed by atoms with E-state index in [-0.39, 0.29) is 11.8 Å². The van der Waals surface area contributed by atoms with Crippen LogP contribution < -0.4 is 15.0 Å². The summed E-state index contributed by atoms with van der Waals surface area (Å²) >= 11 is 5.86. The molecule has 1 fully saturated rings. The summed E-state index contributed by atoms with van der Waals surface area (Å²) in [5.41, 5.74) is 0. The van der Waals surface area contributed by atoms with Crippen molar-refractivity contribution in [2.24, 2.45) is 5.92 Å². The van der Waals surface area contributed by atoms with Gasteiger partial charge in [0.1, 0.15) is 5.82 Å². The van der Waals surface area contributed by atoms with E-state index in [1.807, 2.05) is 12.1 Å². The molecular weight excluding hydrogens is 330 g/mol. The molecule has 126 valence electrons. The summed E-state index contributed by atoms with van der Waals surface area (Å²) in [6.45, 7) is 1.56. The van der Waals surface area contributed by atoms with Crippen molar-refractivity contribution in [2.75, 3.05) is 30.4 Å². The van der Waals surface area contributed by atoms with Crippen LogP contribution in [0.4, 0.5) is 11.6 Å². The highest BCUT2D eigenvalue weighted by Crippen LogP contribution is 2.23. The molecule has 0 atom stereocenters. The van der Waals surface area contributed by atoms with Crippen LogP contribution in [0.5, 0.6) is 5.88 Å². The van der Waals surface area contributed by atoms with E-state index in [0.717, 1.165) is 31.7 Å². The van der Waals surface area contributed by atoms with Crippen LogP contribution in [0, 0.1) is 5.92 Å². The zero-order valence-electron chi connectivity index (χ0n) is 13.3. The number of piperidine rings is 1. The fraction of sp³-hybridized carbons (Fsp3) is 0.375. The Morgan fingerprint density at radius 2 is 2.00 bits per heavy atom. The van der Waals surface area contributed by atoms with Gasteiger partial charge in [0.25, 0.3) is 0 Å². The highest BCUT2D eigenvalue weighted by molar-refractivity contribution is 6.30. The number of hydrogen-bond donors (Lipinski definition) is 1. The lowest BCUT2D eigenvalue weighted by Gasteiger charge is -2.32. The van der Waals surface area contributed by atoms with Gasteiger partial charge in [-0.3, -0.25) is 4.79 Å². The number of amides is 1. The molecule has 0 bridgehead atoms. The van der Waals surface area contributed by atoms with Crippen LogP contribution >= 0.6 is 11.6 Å². The maximum atomic E-state index is 12.3. The third-order valence-electron chi connectivity index (χ3n) is 3.99. The second kappa shape index (κ2) is 7.44. The van der Waals surface area contributed by atoms with Crippen molar-refractivity contribution in [3.05, 3.63) is 35.7 Å².